The molecule has 0 N–H and O–H groups in total. The van der Waals surface area contributed by atoms with Crippen molar-refractivity contribution < 1.29 is 4.43 Å². The Bertz CT molecular complexity index is 264. The van der Waals surface area contributed by atoms with Crippen molar-refractivity contribution in [3.05, 3.63) is 0 Å². The lowest BCUT2D eigenvalue weighted by Gasteiger charge is -2.58. The van der Waals surface area contributed by atoms with Crippen LogP contribution in [0.3, 0.4) is 0 Å². The van der Waals surface area contributed by atoms with E-state index in [4.69, 9.17) is 4.43 Å². The molecule has 1 rings (SSSR count). The Morgan fingerprint density at radius 1 is 1.06 bits per heavy atom. The molecular formula is C13H32OSi3. The molecule has 4 heteroatoms. The first-order valence-electron chi connectivity index (χ1n) is 7.18. The summed E-state index contributed by atoms with van der Waals surface area (Å²) in [6, 6.07) is 1.40. The van der Waals surface area contributed by atoms with Crippen LogP contribution in [0.15, 0.2) is 0 Å². The van der Waals surface area contributed by atoms with E-state index in [0.29, 0.717) is 0 Å². The Balaban J connectivity index is 2.99. The van der Waals surface area contributed by atoms with Crippen LogP contribution in [0.1, 0.15) is 33.1 Å². The van der Waals surface area contributed by atoms with Crippen LogP contribution in [0.4, 0.5) is 0 Å². The molecule has 0 amide bonds. The highest BCUT2D eigenvalue weighted by atomic mass is 29.6. The quantitative estimate of drug-likeness (QED) is 0.681. The van der Waals surface area contributed by atoms with Gasteiger partial charge in [-0.1, -0.05) is 46.0 Å². The van der Waals surface area contributed by atoms with Gasteiger partial charge in [-0.3, -0.25) is 0 Å². The van der Waals surface area contributed by atoms with Crippen molar-refractivity contribution in [2.24, 2.45) is 0 Å². The summed E-state index contributed by atoms with van der Waals surface area (Å²) in [6.45, 7) is 20.2. The van der Waals surface area contributed by atoms with Crippen LogP contribution in [-0.4, -0.2) is 28.1 Å². The SMILES string of the molecule is CCCCC1(C)C[Si](C)(C)[Si](C)(C)[Si](C)(C)O1. The highest BCUT2D eigenvalue weighted by Crippen LogP contribution is 2.45. The summed E-state index contributed by atoms with van der Waals surface area (Å²) < 4.78 is 6.75. The molecule has 102 valence electrons. The molecule has 1 aliphatic heterocycles. The lowest BCUT2D eigenvalue weighted by Crippen LogP contribution is -2.78. The summed E-state index contributed by atoms with van der Waals surface area (Å²) in [5, 5.41) is 0. The van der Waals surface area contributed by atoms with Gasteiger partial charge in [-0.25, -0.2) is 0 Å². The first kappa shape index (κ1) is 15.7. The number of unbranched alkanes of at least 4 members (excludes halogenated alkanes) is 1. The van der Waals surface area contributed by atoms with E-state index in [0.717, 1.165) is 0 Å². The molecule has 1 saturated heterocycles. The van der Waals surface area contributed by atoms with Gasteiger partial charge in [0.2, 0.25) is 0 Å². The molecule has 0 aromatic rings. The van der Waals surface area contributed by atoms with Crippen LogP contribution in [0.25, 0.3) is 0 Å². The normalized spacial score (nSPS) is 34.6. The lowest BCUT2D eigenvalue weighted by atomic mass is 10.0. The average Bonchev–Trinajstić information content (AvgIpc) is 2.10. The summed E-state index contributed by atoms with van der Waals surface area (Å²) in [7, 11) is -3.62. The molecule has 0 bridgehead atoms. The van der Waals surface area contributed by atoms with Crippen LogP contribution in [0, 0.1) is 0 Å². The standard InChI is InChI=1S/C13H32OSi3/c1-9-10-11-13(2)12-15(3,4)17(7,8)16(5,6)14-13/h9-12H2,1-8H3. The van der Waals surface area contributed by atoms with Gasteiger partial charge in [-0.15, -0.1) is 0 Å². The zero-order chi connectivity index (χ0) is 13.5. The zero-order valence-electron chi connectivity index (χ0n) is 13.2. The Hall–Kier alpha value is 0.611. The first-order chi connectivity index (χ1) is 7.47. The maximum Gasteiger partial charge on any atom is 0.172 e. The van der Waals surface area contributed by atoms with E-state index in [9.17, 15) is 0 Å². The zero-order valence-corrected chi connectivity index (χ0v) is 16.2. The molecule has 1 aliphatic rings. The molecule has 0 saturated carbocycles. The van der Waals surface area contributed by atoms with Crippen molar-refractivity contribution in [2.75, 3.05) is 0 Å². The van der Waals surface area contributed by atoms with Gasteiger partial charge in [0.1, 0.15) is 0 Å². The second-order valence-electron chi connectivity index (χ2n) is 7.85. The van der Waals surface area contributed by atoms with Crippen molar-refractivity contribution in [1.82, 2.24) is 0 Å². The monoisotopic (exact) mass is 288 g/mol. The highest BCUT2D eigenvalue weighted by Gasteiger charge is 2.61. The van der Waals surface area contributed by atoms with Gasteiger partial charge >= 0.3 is 0 Å². The Labute approximate surface area is 111 Å². The van der Waals surface area contributed by atoms with Gasteiger partial charge in [-0.2, -0.15) is 0 Å². The largest absolute Gasteiger partial charge is 0.415 e. The van der Waals surface area contributed by atoms with Crippen LogP contribution in [0.5, 0.6) is 0 Å². The van der Waals surface area contributed by atoms with E-state index in [1.54, 1.807) is 0 Å². The van der Waals surface area contributed by atoms with E-state index in [1.807, 2.05) is 0 Å². The van der Waals surface area contributed by atoms with Gasteiger partial charge < -0.3 is 4.43 Å². The Kier molecular flexibility index (Phi) is 4.25. The number of rotatable bonds is 3. The minimum absolute atomic E-state index is 0.212. The first-order valence-corrected chi connectivity index (χ1v) is 18.3. The van der Waals surface area contributed by atoms with Crippen LogP contribution >= 0.6 is 0 Å². The fourth-order valence-corrected chi connectivity index (χ4v) is 34.2. The lowest BCUT2D eigenvalue weighted by molar-refractivity contribution is 0.0884. The topological polar surface area (TPSA) is 9.23 Å². The summed E-state index contributed by atoms with van der Waals surface area (Å²) in [4.78, 5) is 0. The number of hydrogen-bond acceptors (Lipinski definition) is 1. The summed E-state index contributed by atoms with van der Waals surface area (Å²) >= 11 is 0. The van der Waals surface area contributed by atoms with Crippen molar-refractivity contribution in [3.63, 3.8) is 0 Å². The fraction of sp³-hybridized carbons (Fsp3) is 1.00. The molecule has 1 unspecified atom stereocenters. The van der Waals surface area contributed by atoms with Gasteiger partial charge in [0.05, 0.1) is 12.7 Å². The van der Waals surface area contributed by atoms with E-state index in [1.165, 1.54) is 25.3 Å². The van der Waals surface area contributed by atoms with Crippen LogP contribution in [-0.2, 0) is 4.43 Å². The summed E-state index contributed by atoms with van der Waals surface area (Å²) in [6.07, 6.45) is 3.90. The molecule has 0 spiro atoms. The number of hydrogen-bond donors (Lipinski definition) is 0. The molecule has 0 radical (unpaired) electrons. The third kappa shape index (κ3) is 2.80. The summed E-state index contributed by atoms with van der Waals surface area (Å²) in [5.74, 6) is 0. The predicted molar refractivity (Wildman–Crippen MR) is 86.3 cm³/mol. The second kappa shape index (κ2) is 4.62. The Morgan fingerprint density at radius 3 is 2.00 bits per heavy atom. The van der Waals surface area contributed by atoms with E-state index in [-0.39, 0.29) is 5.60 Å². The van der Waals surface area contributed by atoms with Crippen molar-refractivity contribution in [1.29, 1.82) is 0 Å². The molecular weight excluding hydrogens is 256 g/mol. The van der Waals surface area contributed by atoms with Gasteiger partial charge in [0.25, 0.3) is 0 Å². The fourth-order valence-electron chi connectivity index (χ4n) is 3.44. The molecule has 0 aromatic heterocycles. The summed E-state index contributed by atoms with van der Waals surface area (Å²) in [5.41, 5.74) is 0.212. The highest BCUT2D eigenvalue weighted by molar-refractivity contribution is 7.67. The van der Waals surface area contributed by atoms with E-state index >= 15 is 0 Å². The molecule has 17 heavy (non-hydrogen) atoms. The molecule has 0 aromatic carbocycles. The maximum atomic E-state index is 6.75. The van der Waals surface area contributed by atoms with E-state index in [2.05, 4.69) is 53.1 Å². The molecule has 1 fully saturated rings. The predicted octanol–water partition coefficient (Wildman–Crippen LogP) is 4.74. The van der Waals surface area contributed by atoms with E-state index < -0.39 is 22.5 Å². The third-order valence-electron chi connectivity index (χ3n) is 5.57. The molecule has 1 atom stereocenters. The van der Waals surface area contributed by atoms with Crippen molar-refractivity contribution in [2.45, 2.75) is 84.0 Å². The van der Waals surface area contributed by atoms with Crippen molar-refractivity contribution >= 4 is 22.5 Å². The Morgan fingerprint density at radius 2 is 1.59 bits per heavy atom. The van der Waals surface area contributed by atoms with Crippen LogP contribution in [0.2, 0.25) is 45.3 Å². The third-order valence-corrected chi connectivity index (χ3v) is 46.1. The molecule has 0 aliphatic carbocycles. The smallest absolute Gasteiger partial charge is 0.172 e. The van der Waals surface area contributed by atoms with Crippen LogP contribution < -0.4 is 0 Å². The molecule has 1 heterocycles. The van der Waals surface area contributed by atoms with Gasteiger partial charge in [-0.05, 0) is 32.5 Å². The minimum atomic E-state index is -1.44. The second-order valence-corrected chi connectivity index (χ2v) is 35.1. The molecule has 1 nitrogen and oxygen atoms in total. The van der Waals surface area contributed by atoms with Gasteiger partial charge in [0.15, 0.2) is 7.83 Å². The average molecular weight is 289 g/mol. The van der Waals surface area contributed by atoms with Crippen molar-refractivity contribution in [3.8, 4) is 0 Å². The van der Waals surface area contributed by atoms with Gasteiger partial charge in [0, 0.05) is 7.59 Å². The minimum Gasteiger partial charge on any atom is -0.415 e. The maximum absolute atomic E-state index is 6.75.